The van der Waals surface area contributed by atoms with Gasteiger partial charge in [-0.2, -0.15) is 18.3 Å². The van der Waals surface area contributed by atoms with Gasteiger partial charge in [-0.05, 0) is 67.6 Å². The molecule has 10 heteroatoms. The Kier molecular flexibility index (Phi) is 5.19. The number of primary sulfonamides is 1. The first-order valence-electron chi connectivity index (χ1n) is 9.60. The van der Waals surface area contributed by atoms with Crippen molar-refractivity contribution in [3.8, 4) is 16.9 Å². The number of fused-ring (bicyclic) bond motifs is 1. The molecule has 3 aromatic rings. The number of aryl methyl sites for hydroxylation is 2. The van der Waals surface area contributed by atoms with Crippen molar-refractivity contribution in [2.75, 3.05) is 0 Å². The summed E-state index contributed by atoms with van der Waals surface area (Å²) in [5.74, 6) is 0. The minimum atomic E-state index is -4.66. The highest BCUT2D eigenvalue weighted by Crippen LogP contribution is 2.35. The molecule has 2 aromatic carbocycles. The molecular weight excluding hydrogens is 431 g/mol. The smallest absolute Gasteiger partial charge is 0.389 e. The van der Waals surface area contributed by atoms with Gasteiger partial charge in [-0.3, -0.25) is 0 Å². The van der Waals surface area contributed by atoms with Gasteiger partial charge >= 0.3 is 6.18 Å². The number of nitrogens with two attached hydrogens (primary N) is 1. The van der Waals surface area contributed by atoms with E-state index in [-0.39, 0.29) is 21.8 Å². The van der Waals surface area contributed by atoms with Gasteiger partial charge in [-0.15, -0.1) is 0 Å². The molecule has 1 aliphatic carbocycles. The van der Waals surface area contributed by atoms with Crippen LogP contribution in [0, 0.1) is 0 Å². The quantitative estimate of drug-likeness (QED) is 0.631. The highest BCUT2D eigenvalue weighted by molar-refractivity contribution is 7.89. The van der Waals surface area contributed by atoms with Crippen molar-refractivity contribution in [1.29, 1.82) is 0 Å². The van der Waals surface area contributed by atoms with E-state index in [0.717, 1.165) is 41.6 Å². The molecule has 4 rings (SSSR count). The summed E-state index contributed by atoms with van der Waals surface area (Å²) in [4.78, 5) is -0.298. The van der Waals surface area contributed by atoms with Gasteiger partial charge in [0.1, 0.15) is 0 Å². The first-order chi connectivity index (χ1) is 14.4. The maximum Gasteiger partial charge on any atom is 0.435 e. The normalized spacial score (nSPS) is 15.2. The number of aliphatic hydroxyl groups excluding tert-OH is 1. The molecule has 0 radical (unpaired) electrons. The third kappa shape index (κ3) is 4.10. The van der Waals surface area contributed by atoms with Crippen molar-refractivity contribution in [3.63, 3.8) is 0 Å². The second-order valence-electron chi connectivity index (χ2n) is 7.60. The molecule has 0 saturated carbocycles. The van der Waals surface area contributed by atoms with E-state index in [2.05, 4.69) is 5.10 Å². The summed E-state index contributed by atoms with van der Waals surface area (Å²) < 4.78 is 65.1. The van der Waals surface area contributed by atoms with Crippen molar-refractivity contribution in [3.05, 3.63) is 64.8 Å². The fraction of sp³-hybridized carbons (Fsp3) is 0.286. The third-order valence-corrected chi connectivity index (χ3v) is 6.37. The minimum Gasteiger partial charge on any atom is -0.389 e. The Labute approximate surface area is 177 Å². The fourth-order valence-corrected chi connectivity index (χ4v) is 4.72. The summed E-state index contributed by atoms with van der Waals surface area (Å²) in [6, 6.07) is 10.3. The van der Waals surface area contributed by atoms with E-state index < -0.39 is 28.0 Å². The zero-order valence-corrected chi connectivity index (χ0v) is 17.3. The number of nitrogens with zero attached hydrogens (tertiary/aromatic N) is 2. The van der Waals surface area contributed by atoms with Crippen LogP contribution in [0.5, 0.6) is 0 Å². The van der Waals surface area contributed by atoms with Crippen molar-refractivity contribution >= 4 is 10.0 Å². The van der Waals surface area contributed by atoms with Gasteiger partial charge in [0, 0.05) is 11.1 Å². The highest BCUT2D eigenvalue weighted by atomic mass is 32.2. The average Bonchev–Trinajstić information content (AvgIpc) is 3.33. The summed E-state index contributed by atoms with van der Waals surface area (Å²) in [6.45, 7) is 1.35. The van der Waals surface area contributed by atoms with Gasteiger partial charge in [0.15, 0.2) is 5.69 Å². The highest BCUT2D eigenvalue weighted by Gasteiger charge is 2.35. The second-order valence-corrected chi connectivity index (χ2v) is 9.13. The van der Waals surface area contributed by atoms with Crippen LogP contribution in [0.4, 0.5) is 13.2 Å². The van der Waals surface area contributed by atoms with E-state index in [4.69, 9.17) is 5.14 Å². The molecule has 0 amide bonds. The predicted molar refractivity (Wildman–Crippen MR) is 108 cm³/mol. The van der Waals surface area contributed by atoms with Gasteiger partial charge in [-0.1, -0.05) is 12.1 Å². The van der Waals surface area contributed by atoms with Gasteiger partial charge in [0.25, 0.3) is 0 Å². The van der Waals surface area contributed by atoms with Crippen molar-refractivity contribution < 1.29 is 26.7 Å². The monoisotopic (exact) mass is 451 g/mol. The van der Waals surface area contributed by atoms with Crippen LogP contribution in [0.2, 0.25) is 0 Å². The zero-order chi connectivity index (χ0) is 22.6. The summed E-state index contributed by atoms with van der Waals surface area (Å²) in [5.41, 5.74) is 2.13. The Balaban J connectivity index is 1.92. The lowest BCUT2D eigenvalue weighted by Crippen LogP contribution is -2.16. The number of halogens is 3. The summed E-state index contributed by atoms with van der Waals surface area (Å²) in [6.07, 6.45) is -3.08. The number of aromatic nitrogens is 2. The molecule has 3 N–H and O–H groups in total. The lowest BCUT2D eigenvalue weighted by Gasteiger charge is -2.14. The number of benzene rings is 2. The molecule has 164 valence electrons. The fourth-order valence-electron chi connectivity index (χ4n) is 3.91. The molecule has 0 aliphatic heterocycles. The maximum atomic E-state index is 13.4. The minimum absolute atomic E-state index is 0.0241. The zero-order valence-electron chi connectivity index (χ0n) is 16.5. The van der Waals surface area contributed by atoms with E-state index in [1.54, 1.807) is 6.07 Å². The molecule has 1 unspecified atom stereocenters. The first-order valence-corrected chi connectivity index (χ1v) is 11.1. The standard InChI is InChI=1S/C21H20F3N3O3S/c1-12(28)17-10-16(7-8-19(17)31(25,29)30)27-18(11-20(26-27)21(22,23)24)15-6-5-13-3-2-4-14(13)9-15/h5-12,28H,2-4H2,1H3,(H2,25,29,30). The lowest BCUT2D eigenvalue weighted by atomic mass is 10.0. The Hall–Kier alpha value is -2.69. The largest absolute Gasteiger partial charge is 0.435 e. The van der Waals surface area contributed by atoms with Crippen molar-refractivity contribution in [2.24, 2.45) is 5.14 Å². The SMILES string of the molecule is CC(O)c1cc(-n2nc(C(F)(F)F)cc2-c2ccc3c(c2)CCC3)ccc1S(N)(=O)=O. The summed E-state index contributed by atoms with van der Waals surface area (Å²) >= 11 is 0. The van der Waals surface area contributed by atoms with Crippen LogP contribution in [0.1, 0.15) is 41.8 Å². The molecule has 1 atom stereocenters. The van der Waals surface area contributed by atoms with E-state index in [0.29, 0.717) is 5.56 Å². The van der Waals surface area contributed by atoms with E-state index in [9.17, 15) is 26.7 Å². The number of aliphatic hydroxyl groups is 1. The molecule has 0 spiro atoms. The van der Waals surface area contributed by atoms with Crippen LogP contribution >= 0.6 is 0 Å². The topological polar surface area (TPSA) is 98.2 Å². The van der Waals surface area contributed by atoms with Crippen LogP contribution in [0.3, 0.4) is 0 Å². The van der Waals surface area contributed by atoms with Crippen LogP contribution < -0.4 is 5.14 Å². The maximum absolute atomic E-state index is 13.4. The number of alkyl halides is 3. The molecule has 1 heterocycles. The molecule has 31 heavy (non-hydrogen) atoms. The molecule has 0 bridgehead atoms. The molecule has 0 saturated heterocycles. The van der Waals surface area contributed by atoms with Gasteiger partial charge < -0.3 is 5.11 Å². The number of hydrogen-bond donors (Lipinski definition) is 2. The van der Waals surface area contributed by atoms with Gasteiger partial charge in [0.2, 0.25) is 10.0 Å². The Morgan fingerprint density at radius 1 is 1.10 bits per heavy atom. The van der Waals surface area contributed by atoms with Gasteiger partial charge in [0.05, 0.1) is 22.4 Å². The molecular formula is C21H20F3N3O3S. The Morgan fingerprint density at radius 3 is 2.45 bits per heavy atom. The Morgan fingerprint density at radius 2 is 1.81 bits per heavy atom. The van der Waals surface area contributed by atoms with Crippen LogP contribution in [-0.2, 0) is 29.0 Å². The van der Waals surface area contributed by atoms with Crippen LogP contribution in [0.15, 0.2) is 47.4 Å². The van der Waals surface area contributed by atoms with Gasteiger partial charge in [-0.25, -0.2) is 18.2 Å². The van der Waals surface area contributed by atoms with Crippen molar-refractivity contribution in [2.45, 2.75) is 43.4 Å². The molecule has 1 aliphatic rings. The Bertz CT molecular complexity index is 1260. The van der Waals surface area contributed by atoms with Crippen LogP contribution in [-0.4, -0.2) is 23.3 Å². The van der Waals surface area contributed by atoms with E-state index in [1.165, 1.54) is 24.6 Å². The van der Waals surface area contributed by atoms with Crippen LogP contribution in [0.25, 0.3) is 16.9 Å². The number of hydrogen-bond acceptors (Lipinski definition) is 4. The number of sulfonamides is 1. The van der Waals surface area contributed by atoms with E-state index in [1.807, 2.05) is 12.1 Å². The lowest BCUT2D eigenvalue weighted by molar-refractivity contribution is -0.141. The molecule has 6 nitrogen and oxygen atoms in total. The molecule has 0 fully saturated rings. The average molecular weight is 451 g/mol. The second kappa shape index (κ2) is 7.47. The third-order valence-electron chi connectivity index (χ3n) is 5.39. The predicted octanol–water partition coefficient (Wildman–Crippen LogP) is 3.75. The first kappa shape index (κ1) is 21.5. The number of rotatable bonds is 4. The summed E-state index contributed by atoms with van der Waals surface area (Å²) in [7, 11) is -4.13. The molecule has 1 aromatic heterocycles. The summed E-state index contributed by atoms with van der Waals surface area (Å²) in [5, 5.41) is 19.0. The van der Waals surface area contributed by atoms with Crippen molar-refractivity contribution in [1.82, 2.24) is 9.78 Å². The van der Waals surface area contributed by atoms with E-state index >= 15 is 0 Å².